The molecule has 1 aromatic carbocycles. The lowest BCUT2D eigenvalue weighted by Crippen LogP contribution is -2.20. The minimum Gasteiger partial charge on any atom is -0.368 e. The van der Waals surface area contributed by atoms with Crippen molar-refractivity contribution >= 4 is 34.5 Å². The maximum atomic E-state index is 12.9. The van der Waals surface area contributed by atoms with Gasteiger partial charge in [0.15, 0.2) is 0 Å². The van der Waals surface area contributed by atoms with Gasteiger partial charge in [-0.15, -0.1) is 5.10 Å². The third-order valence-electron chi connectivity index (χ3n) is 4.57. The predicted molar refractivity (Wildman–Crippen MR) is 95.3 cm³/mol. The average molecular weight is 341 g/mol. The number of hydrogen-bond acceptors (Lipinski definition) is 5. The van der Waals surface area contributed by atoms with E-state index in [4.69, 9.17) is 5.73 Å². The molecule has 1 aliphatic rings. The maximum Gasteiger partial charge on any atom is 0.241 e. The minimum atomic E-state index is 0.0652. The molecule has 0 amide bonds. The fourth-order valence-electron chi connectivity index (χ4n) is 3.48. The van der Waals surface area contributed by atoms with E-state index in [0.717, 1.165) is 24.8 Å². The zero-order valence-corrected chi connectivity index (χ0v) is 14.3. The van der Waals surface area contributed by atoms with Crippen LogP contribution in [0.2, 0.25) is 0 Å². The monoisotopic (exact) mass is 341 g/mol. The van der Waals surface area contributed by atoms with E-state index in [2.05, 4.69) is 28.2 Å². The predicted octanol–water partition coefficient (Wildman–Crippen LogP) is 2.90. The number of H-pyrrole nitrogens is 1. The Bertz CT molecular complexity index is 913. The number of para-hydroxylation sites is 1. The number of fused-ring (bicyclic) bond motifs is 3. The van der Waals surface area contributed by atoms with Crippen LogP contribution in [0.1, 0.15) is 29.4 Å². The van der Waals surface area contributed by atoms with Crippen molar-refractivity contribution in [1.82, 2.24) is 19.7 Å². The number of rotatable bonds is 3. The second-order valence-electron chi connectivity index (χ2n) is 6.31. The molecule has 124 valence electrons. The molecule has 24 heavy (non-hydrogen) atoms. The highest BCUT2D eigenvalue weighted by molar-refractivity contribution is 7.99. The summed E-state index contributed by atoms with van der Waals surface area (Å²) in [7, 11) is 0. The maximum absolute atomic E-state index is 12.9. The summed E-state index contributed by atoms with van der Waals surface area (Å²) < 4.78 is 1.90. The van der Waals surface area contributed by atoms with Crippen molar-refractivity contribution < 1.29 is 4.79 Å². The van der Waals surface area contributed by atoms with Gasteiger partial charge in [0.25, 0.3) is 0 Å². The van der Waals surface area contributed by atoms with Crippen molar-refractivity contribution in [2.45, 2.75) is 31.3 Å². The molecule has 1 atom stereocenters. The molecule has 1 unspecified atom stereocenters. The Kier molecular flexibility index (Phi) is 3.80. The Morgan fingerprint density at radius 3 is 3.08 bits per heavy atom. The number of nitrogens with two attached hydrogens (primary N) is 1. The van der Waals surface area contributed by atoms with Gasteiger partial charge in [-0.1, -0.05) is 36.9 Å². The highest BCUT2D eigenvalue weighted by Gasteiger charge is 2.25. The molecule has 0 bridgehead atoms. The zero-order chi connectivity index (χ0) is 16.7. The summed E-state index contributed by atoms with van der Waals surface area (Å²) in [5.41, 5.74) is 9.05. The summed E-state index contributed by atoms with van der Waals surface area (Å²) in [4.78, 5) is 16.9. The second-order valence-corrected chi connectivity index (χ2v) is 7.25. The van der Waals surface area contributed by atoms with Crippen LogP contribution in [0, 0.1) is 5.92 Å². The largest absolute Gasteiger partial charge is 0.368 e. The summed E-state index contributed by atoms with van der Waals surface area (Å²) in [5.74, 6) is 1.29. The van der Waals surface area contributed by atoms with Crippen molar-refractivity contribution in [1.29, 1.82) is 0 Å². The molecule has 1 aliphatic carbocycles. The lowest BCUT2D eigenvalue weighted by Gasteiger charge is -2.20. The Morgan fingerprint density at radius 2 is 2.29 bits per heavy atom. The lowest BCUT2D eigenvalue weighted by atomic mass is 9.88. The standard InChI is InChI=1S/C17H19N5OS/c1-10-6-7-14-12(8-10)11-4-2-3-5-13(11)22(14)15(23)9-24-17-19-16(18)20-21-17/h2-5,10H,6-9H2,1H3,(H3,18,19,20,21). The van der Waals surface area contributed by atoms with E-state index >= 15 is 0 Å². The highest BCUT2D eigenvalue weighted by atomic mass is 32.2. The van der Waals surface area contributed by atoms with Gasteiger partial charge in [-0.05, 0) is 36.8 Å². The zero-order valence-electron chi connectivity index (χ0n) is 13.5. The summed E-state index contributed by atoms with van der Waals surface area (Å²) in [5, 5.41) is 8.27. The molecule has 0 aliphatic heterocycles. The van der Waals surface area contributed by atoms with Crippen LogP contribution < -0.4 is 5.73 Å². The normalized spacial score (nSPS) is 17.1. The lowest BCUT2D eigenvalue weighted by molar-refractivity contribution is 0.0943. The average Bonchev–Trinajstić information content (AvgIpc) is 3.14. The van der Waals surface area contributed by atoms with Crippen LogP contribution in [0.25, 0.3) is 10.9 Å². The molecule has 3 aromatic rings. The quantitative estimate of drug-likeness (QED) is 0.715. The fraction of sp³-hybridized carbons (Fsp3) is 0.353. The van der Waals surface area contributed by atoms with E-state index in [1.807, 2.05) is 22.8 Å². The molecule has 0 radical (unpaired) electrons. The first-order chi connectivity index (χ1) is 11.6. The number of hydrogen-bond donors (Lipinski definition) is 2. The SMILES string of the molecule is CC1CCc2c(c3ccccc3n2C(=O)CSc2n[nH]c(N)n2)C1. The number of nitrogens with one attached hydrogen (secondary N) is 1. The molecular formula is C17H19N5OS. The van der Waals surface area contributed by atoms with Crippen LogP contribution in [-0.2, 0) is 12.8 Å². The van der Waals surface area contributed by atoms with E-state index in [0.29, 0.717) is 11.1 Å². The number of thioether (sulfide) groups is 1. The van der Waals surface area contributed by atoms with E-state index in [-0.39, 0.29) is 17.6 Å². The van der Waals surface area contributed by atoms with E-state index in [9.17, 15) is 4.79 Å². The summed E-state index contributed by atoms with van der Waals surface area (Å²) >= 11 is 1.30. The van der Waals surface area contributed by atoms with Gasteiger partial charge in [-0.25, -0.2) is 5.10 Å². The van der Waals surface area contributed by atoms with Gasteiger partial charge in [-0.3, -0.25) is 9.36 Å². The summed E-state index contributed by atoms with van der Waals surface area (Å²) in [6, 6.07) is 8.19. The van der Waals surface area contributed by atoms with Crippen molar-refractivity contribution in [2.75, 3.05) is 11.5 Å². The highest BCUT2D eigenvalue weighted by Crippen LogP contribution is 2.34. The van der Waals surface area contributed by atoms with Crippen LogP contribution >= 0.6 is 11.8 Å². The Balaban J connectivity index is 1.69. The van der Waals surface area contributed by atoms with Crippen LogP contribution in [0.15, 0.2) is 29.4 Å². The topological polar surface area (TPSA) is 89.6 Å². The minimum absolute atomic E-state index is 0.0652. The van der Waals surface area contributed by atoms with Crippen LogP contribution in [0.4, 0.5) is 5.95 Å². The molecule has 0 fully saturated rings. The third-order valence-corrected chi connectivity index (χ3v) is 5.40. The van der Waals surface area contributed by atoms with Crippen LogP contribution in [0.5, 0.6) is 0 Å². The number of anilines is 1. The first-order valence-electron chi connectivity index (χ1n) is 8.08. The molecule has 0 saturated heterocycles. The molecule has 0 saturated carbocycles. The second kappa shape index (κ2) is 5.98. The fourth-order valence-corrected chi connectivity index (χ4v) is 4.14. The Labute approximate surface area is 143 Å². The molecule has 2 heterocycles. The number of aromatic nitrogens is 4. The number of nitrogen functional groups attached to an aromatic ring is 1. The van der Waals surface area contributed by atoms with Gasteiger partial charge in [0.2, 0.25) is 17.0 Å². The molecule has 0 spiro atoms. The number of carbonyl (C=O) groups excluding carboxylic acids is 1. The van der Waals surface area contributed by atoms with Crippen LogP contribution in [-0.4, -0.2) is 31.4 Å². The van der Waals surface area contributed by atoms with Gasteiger partial charge in [0.1, 0.15) is 0 Å². The van der Waals surface area contributed by atoms with Crippen molar-refractivity contribution in [3.05, 3.63) is 35.5 Å². The molecule has 4 rings (SSSR count). The first kappa shape index (κ1) is 15.3. The molecule has 2 aromatic heterocycles. The Morgan fingerprint density at radius 1 is 1.46 bits per heavy atom. The molecule has 7 heteroatoms. The van der Waals surface area contributed by atoms with Crippen molar-refractivity contribution in [2.24, 2.45) is 5.92 Å². The van der Waals surface area contributed by atoms with E-state index < -0.39 is 0 Å². The van der Waals surface area contributed by atoms with Gasteiger partial charge in [0, 0.05) is 11.1 Å². The van der Waals surface area contributed by atoms with Crippen molar-refractivity contribution in [3.8, 4) is 0 Å². The van der Waals surface area contributed by atoms with E-state index in [1.165, 1.54) is 28.4 Å². The van der Waals surface area contributed by atoms with Crippen LogP contribution in [0.3, 0.4) is 0 Å². The number of nitrogens with zero attached hydrogens (tertiary/aromatic N) is 3. The summed E-state index contributed by atoms with van der Waals surface area (Å²) in [6.45, 7) is 2.28. The number of carbonyl (C=O) groups is 1. The number of aromatic amines is 1. The number of benzene rings is 1. The van der Waals surface area contributed by atoms with E-state index in [1.54, 1.807) is 0 Å². The molecule has 3 N–H and O–H groups in total. The third kappa shape index (κ3) is 2.58. The van der Waals surface area contributed by atoms with Gasteiger partial charge < -0.3 is 5.73 Å². The first-order valence-corrected chi connectivity index (χ1v) is 9.07. The summed E-state index contributed by atoms with van der Waals surface area (Å²) in [6.07, 6.45) is 3.12. The van der Waals surface area contributed by atoms with Gasteiger partial charge in [0.05, 0.1) is 11.3 Å². The Hall–Kier alpha value is -2.28. The smallest absolute Gasteiger partial charge is 0.241 e. The van der Waals surface area contributed by atoms with Gasteiger partial charge >= 0.3 is 0 Å². The molecular weight excluding hydrogens is 322 g/mol. The van der Waals surface area contributed by atoms with Crippen molar-refractivity contribution in [3.63, 3.8) is 0 Å². The molecule has 6 nitrogen and oxygen atoms in total. The van der Waals surface area contributed by atoms with Gasteiger partial charge in [-0.2, -0.15) is 4.98 Å².